The van der Waals surface area contributed by atoms with Crippen LogP contribution in [0.3, 0.4) is 0 Å². The number of benzene rings is 1. The normalized spacial score (nSPS) is 11.3. The number of sulfonamides is 1. The Morgan fingerprint density at radius 2 is 2.05 bits per heavy atom. The van der Waals surface area contributed by atoms with Gasteiger partial charge in [0, 0.05) is 6.07 Å². The molecular weight excluding hydrogens is 313 g/mol. The topological polar surface area (TPSA) is 55.4 Å². The fourth-order valence-corrected chi connectivity index (χ4v) is 3.91. The van der Waals surface area contributed by atoms with Crippen LogP contribution in [0, 0.1) is 5.82 Å². The maximum Gasteiger partial charge on any atom is 0.271 e. The van der Waals surface area contributed by atoms with Gasteiger partial charge in [-0.2, -0.15) is 0 Å². The number of hydrogen-bond acceptors (Lipinski definition) is 4. The standard InChI is InChI=1S/C11H9ClFNO3S2/c1-17-9-3-2-7(6-8(9)13)14-19(15,16)11-5-4-10(12)18-11/h2-6,14H,1H3. The molecule has 1 aromatic heterocycles. The van der Waals surface area contributed by atoms with Crippen molar-refractivity contribution in [2.45, 2.75) is 4.21 Å². The first-order chi connectivity index (χ1) is 8.92. The lowest BCUT2D eigenvalue weighted by molar-refractivity contribution is 0.386. The lowest BCUT2D eigenvalue weighted by Gasteiger charge is -2.08. The zero-order valence-electron chi connectivity index (χ0n) is 9.68. The summed E-state index contributed by atoms with van der Waals surface area (Å²) >= 11 is 6.61. The molecule has 102 valence electrons. The van der Waals surface area contributed by atoms with Crippen LogP contribution in [-0.4, -0.2) is 15.5 Å². The Hall–Kier alpha value is -1.31. The molecule has 8 heteroatoms. The molecule has 19 heavy (non-hydrogen) atoms. The number of ether oxygens (including phenoxy) is 1. The second-order valence-electron chi connectivity index (χ2n) is 3.51. The summed E-state index contributed by atoms with van der Waals surface area (Å²) in [6, 6.07) is 6.67. The molecule has 0 radical (unpaired) electrons. The SMILES string of the molecule is COc1ccc(NS(=O)(=O)c2ccc(Cl)s2)cc1F. The fourth-order valence-electron chi connectivity index (χ4n) is 1.38. The Bertz CT molecular complexity index is 700. The van der Waals surface area contributed by atoms with E-state index in [0.717, 1.165) is 17.4 Å². The summed E-state index contributed by atoms with van der Waals surface area (Å²) in [6.07, 6.45) is 0. The van der Waals surface area contributed by atoms with Gasteiger partial charge in [-0.05, 0) is 24.3 Å². The summed E-state index contributed by atoms with van der Waals surface area (Å²) in [6.45, 7) is 0. The molecule has 2 aromatic rings. The molecule has 1 N–H and O–H groups in total. The van der Waals surface area contributed by atoms with Gasteiger partial charge in [0.05, 0.1) is 17.1 Å². The van der Waals surface area contributed by atoms with Gasteiger partial charge in [-0.25, -0.2) is 12.8 Å². The highest BCUT2D eigenvalue weighted by Gasteiger charge is 2.17. The van der Waals surface area contributed by atoms with Crippen molar-refractivity contribution in [3.8, 4) is 5.75 Å². The molecule has 0 unspecified atom stereocenters. The number of anilines is 1. The predicted molar refractivity (Wildman–Crippen MR) is 73.1 cm³/mol. The quantitative estimate of drug-likeness (QED) is 0.939. The zero-order valence-corrected chi connectivity index (χ0v) is 12.1. The maximum atomic E-state index is 13.5. The molecule has 4 nitrogen and oxygen atoms in total. The van der Waals surface area contributed by atoms with E-state index >= 15 is 0 Å². The fraction of sp³-hybridized carbons (Fsp3) is 0.0909. The van der Waals surface area contributed by atoms with Crippen LogP contribution in [0.25, 0.3) is 0 Å². The van der Waals surface area contributed by atoms with Crippen molar-refractivity contribution < 1.29 is 17.5 Å². The Labute approximate surface area is 118 Å². The molecule has 0 amide bonds. The van der Waals surface area contributed by atoms with E-state index in [1.807, 2.05) is 0 Å². The Morgan fingerprint density at radius 3 is 2.58 bits per heavy atom. The van der Waals surface area contributed by atoms with E-state index < -0.39 is 15.8 Å². The van der Waals surface area contributed by atoms with Crippen LogP contribution >= 0.6 is 22.9 Å². The van der Waals surface area contributed by atoms with Crippen molar-refractivity contribution in [3.63, 3.8) is 0 Å². The van der Waals surface area contributed by atoms with Crippen LogP contribution in [0.5, 0.6) is 5.75 Å². The van der Waals surface area contributed by atoms with Gasteiger partial charge in [-0.15, -0.1) is 11.3 Å². The summed E-state index contributed by atoms with van der Waals surface area (Å²) in [4.78, 5) is 0. The van der Waals surface area contributed by atoms with Crippen molar-refractivity contribution >= 4 is 38.6 Å². The molecular formula is C11H9ClFNO3S2. The van der Waals surface area contributed by atoms with Crippen molar-refractivity contribution in [3.05, 3.63) is 40.5 Å². The molecule has 0 atom stereocenters. The molecule has 0 saturated heterocycles. The Balaban J connectivity index is 2.28. The van der Waals surface area contributed by atoms with Crippen molar-refractivity contribution in [1.82, 2.24) is 0 Å². The Morgan fingerprint density at radius 1 is 1.32 bits per heavy atom. The van der Waals surface area contributed by atoms with Crippen LogP contribution in [0.15, 0.2) is 34.5 Å². The molecule has 1 heterocycles. The van der Waals surface area contributed by atoms with Gasteiger partial charge in [-0.1, -0.05) is 11.6 Å². The molecule has 0 aliphatic rings. The molecule has 0 saturated carbocycles. The van der Waals surface area contributed by atoms with Gasteiger partial charge < -0.3 is 4.74 Å². The minimum absolute atomic E-state index is 0.0436. The number of nitrogens with one attached hydrogen (secondary N) is 1. The largest absolute Gasteiger partial charge is 0.494 e. The van der Waals surface area contributed by atoms with Gasteiger partial charge in [-0.3, -0.25) is 4.72 Å². The highest BCUT2D eigenvalue weighted by molar-refractivity contribution is 7.94. The summed E-state index contributed by atoms with van der Waals surface area (Å²) in [5.41, 5.74) is 0.114. The molecule has 2 rings (SSSR count). The third kappa shape index (κ3) is 3.17. The van der Waals surface area contributed by atoms with E-state index in [4.69, 9.17) is 16.3 Å². The first kappa shape index (κ1) is 14.1. The van der Waals surface area contributed by atoms with E-state index in [0.29, 0.717) is 4.34 Å². The summed E-state index contributed by atoms with van der Waals surface area (Å²) in [5, 5.41) is 0. The second kappa shape index (κ2) is 5.36. The van der Waals surface area contributed by atoms with Gasteiger partial charge in [0.25, 0.3) is 10.0 Å². The van der Waals surface area contributed by atoms with E-state index in [1.54, 1.807) is 0 Å². The van der Waals surface area contributed by atoms with Crippen LogP contribution in [0.1, 0.15) is 0 Å². The molecule has 0 spiro atoms. The van der Waals surface area contributed by atoms with Gasteiger partial charge in [0.1, 0.15) is 4.21 Å². The van der Waals surface area contributed by atoms with Crippen LogP contribution in [0.4, 0.5) is 10.1 Å². The molecule has 0 bridgehead atoms. The third-order valence-corrected chi connectivity index (χ3v) is 5.32. The second-order valence-corrected chi connectivity index (χ2v) is 7.14. The van der Waals surface area contributed by atoms with Crippen molar-refractivity contribution in [2.24, 2.45) is 0 Å². The minimum atomic E-state index is -3.75. The number of rotatable bonds is 4. The number of halogens is 2. The smallest absolute Gasteiger partial charge is 0.271 e. The number of hydrogen-bond donors (Lipinski definition) is 1. The monoisotopic (exact) mass is 321 g/mol. The van der Waals surface area contributed by atoms with Gasteiger partial charge in [0.15, 0.2) is 11.6 Å². The Kier molecular flexibility index (Phi) is 3.98. The van der Waals surface area contributed by atoms with Crippen LogP contribution < -0.4 is 9.46 Å². The van der Waals surface area contributed by atoms with E-state index in [-0.39, 0.29) is 15.6 Å². The highest BCUT2D eigenvalue weighted by Crippen LogP contribution is 2.28. The van der Waals surface area contributed by atoms with Crippen LogP contribution in [0.2, 0.25) is 4.34 Å². The number of methoxy groups -OCH3 is 1. The average molecular weight is 322 g/mol. The molecule has 0 aliphatic carbocycles. The van der Waals surface area contributed by atoms with E-state index in [9.17, 15) is 12.8 Å². The highest BCUT2D eigenvalue weighted by atomic mass is 35.5. The number of thiophene rings is 1. The third-order valence-electron chi connectivity index (χ3n) is 2.22. The van der Waals surface area contributed by atoms with E-state index in [2.05, 4.69) is 4.72 Å². The van der Waals surface area contributed by atoms with E-state index in [1.165, 1.54) is 31.4 Å². The van der Waals surface area contributed by atoms with Crippen molar-refractivity contribution in [1.29, 1.82) is 0 Å². The molecule has 1 aromatic carbocycles. The zero-order chi connectivity index (χ0) is 14.0. The lowest BCUT2D eigenvalue weighted by atomic mass is 10.3. The molecule has 0 fully saturated rings. The summed E-state index contributed by atoms with van der Waals surface area (Å²) in [5.74, 6) is -0.603. The summed E-state index contributed by atoms with van der Waals surface area (Å²) < 4.78 is 44.8. The van der Waals surface area contributed by atoms with Crippen LogP contribution in [-0.2, 0) is 10.0 Å². The average Bonchev–Trinajstić information content (AvgIpc) is 2.76. The maximum absolute atomic E-state index is 13.5. The minimum Gasteiger partial charge on any atom is -0.494 e. The summed E-state index contributed by atoms with van der Waals surface area (Å²) in [7, 11) is -2.42. The lowest BCUT2D eigenvalue weighted by Crippen LogP contribution is -2.11. The van der Waals surface area contributed by atoms with Gasteiger partial charge in [0.2, 0.25) is 0 Å². The van der Waals surface area contributed by atoms with Crippen molar-refractivity contribution in [2.75, 3.05) is 11.8 Å². The first-order valence-electron chi connectivity index (χ1n) is 5.04. The first-order valence-corrected chi connectivity index (χ1v) is 7.72. The molecule has 0 aliphatic heterocycles. The van der Waals surface area contributed by atoms with Gasteiger partial charge >= 0.3 is 0 Å². The predicted octanol–water partition coefficient (Wildman–Crippen LogP) is 3.35.